The average Bonchev–Trinajstić information content (AvgIpc) is 3.02. The van der Waals surface area contributed by atoms with E-state index in [9.17, 15) is 4.79 Å². The normalized spacial score (nSPS) is 10.9. The summed E-state index contributed by atoms with van der Waals surface area (Å²) in [7, 11) is 0. The van der Waals surface area contributed by atoms with E-state index in [0.717, 1.165) is 56.3 Å². The van der Waals surface area contributed by atoms with Gasteiger partial charge in [-0.25, -0.2) is 0 Å². The summed E-state index contributed by atoms with van der Waals surface area (Å²) < 4.78 is 2.16. The molecule has 1 heterocycles. The molecule has 0 unspecified atom stereocenters. The summed E-state index contributed by atoms with van der Waals surface area (Å²) >= 11 is 1.50. The van der Waals surface area contributed by atoms with Crippen molar-refractivity contribution in [2.75, 3.05) is 18.8 Å². The molecule has 142 valence electrons. The first kappa shape index (κ1) is 20.5. The monoisotopic (exact) mass is 374 g/mol. The van der Waals surface area contributed by atoms with E-state index in [-0.39, 0.29) is 5.91 Å². The van der Waals surface area contributed by atoms with Crippen molar-refractivity contribution in [2.45, 2.75) is 58.2 Å². The molecule has 0 atom stereocenters. The van der Waals surface area contributed by atoms with Crippen LogP contribution in [0.2, 0.25) is 0 Å². The molecule has 0 spiro atoms. The van der Waals surface area contributed by atoms with Crippen LogP contribution < -0.4 is 0 Å². The van der Waals surface area contributed by atoms with Crippen molar-refractivity contribution < 1.29 is 4.79 Å². The highest BCUT2D eigenvalue weighted by Crippen LogP contribution is 2.20. The molecule has 2 rings (SSSR count). The zero-order valence-corrected chi connectivity index (χ0v) is 17.0. The molecule has 0 radical (unpaired) electrons. The molecule has 0 N–H and O–H groups in total. The van der Waals surface area contributed by atoms with Crippen LogP contribution in [-0.4, -0.2) is 44.4 Å². The van der Waals surface area contributed by atoms with Crippen molar-refractivity contribution in [3.05, 3.63) is 41.7 Å². The van der Waals surface area contributed by atoms with Crippen LogP contribution in [0.25, 0.3) is 0 Å². The van der Waals surface area contributed by atoms with Gasteiger partial charge in [-0.05, 0) is 24.8 Å². The maximum Gasteiger partial charge on any atom is 0.233 e. The first-order valence-electron chi connectivity index (χ1n) is 9.56. The van der Waals surface area contributed by atoms with Gasteiger partial charge in [0, 0.05) is 26.1 Å². The molecule has 0 aliphatic carbocycles. The van der Waals surface area contributed by atoms with E-state index < -0.39 is 0 Å². The topological polar surface area (TPSA) is 51.0 Å². The van der Waals surface area contributed by atoms with Gasteiger partial charge in [-0.2, -0.15) is 0 Å². The number of amides is 1. The lowest BCUT2D eigenvalue weighted by molar-refractivity contribution is -0.128. The Morgan fingerprint density at radius 2 is 1.73 bits per heavy atom. The molecule has 0 aliphatic heterocycles. The van der Waals surface area contributed by atoms with Crippen LogP contribution in [0.4, 0.5) is 0 Å². The Hall–Kier alpha value is -1.82. The molecule has 6 heteroatoms. The lowest BCUT2D eigenvalue weighted by atomic mass is 10.1. The maximum atomic E-state index is 12.5. The number of carbonyl (C=O) groups excluding carboxylic acids is 1. The molecular formula is C20H30N4OS. The van der Waals surface area contributed by atoms with Crippen LogP contribution in [0.5, 0.6) is 0 Å². The van der Waals surface area contributed by atoms with Gasteiger partial charge in [-0.3, -0.25) is 4.79 Å². The van der Waals surface area contributed by atoms with Crippen molar-refractivity contribution >= 4 is 17.7 Å². The summed E-state index contributed by atoms with van der Waals surface area (Å²) in [5.74, 6) is 1.58. The third-order valence-corrected chi connectivity index (χ3v) is 5.06. The number of thioether (sulfide) groups is 1. The van der Waals surface area contributed by atoms with Crippen molar-refractivity contribution in [1.82, 2.24) is 19.7 Å². The van der Waals surface area contributed by atoms with Crippen molar-refractivity contribution in [3.8, 4) is 0 Å². The van der Waals surface area contributed by atoms with Gasteiger partial charge in [0.1, 0.15) is 5.82 Å². The summed E-state index contributed by atoms with van der Waals surface area (Å²) in [5.41, 5.74) is 1.22. The molecule has 0 saturated carbocycles. The van der Waals surface area contributed by atoms with Crippen LogP contribution in [0.15, 0.2) is 35.5 Å². The van der Waals surface area contributed by atoms with Gasteiger partial charge in [-0.1, -0.05) is 62.9 Å². The van der Waals surface area contributed by atoms with E-state index in [4.69, 9.17) is 0 Å². The quantitative estimate of drug-likeness (QED) is 0.558. The zero-order valence-electron chi connectivity index (χ0n) is 16.1. The molecular weight excluding hydrogens is 344 g/mol. The van der Waals surface area contributed by atoms with Crippen LogP contribution in [0.1, 0.15) is 51.4 Å². The van der Waals surface area contributed by atoms with E-state index in [1.807, 2.05) is 23.1 Å². The minimum atomic E-state index is 0.189. The molecule has 2 aromatic rings. The smallest absolute Gasteiger partial charge is 0.233 e. The molecule has 0 fully saturated rings. The minimum Gasteiger partial charge on any atom is -0.342 e. The van der Waals surface area contributed by atoms with Gasteiger partial charge < -0.3 is 9.47 Å². The molecule has 5 nitrogen and oxygen atoms in total. The average molecular weight is 375 g/mol. The predicted molar refractivity (Wildman–Crippen MR) is 107 cm³/mol. The summed E-state index contributed by atoms with van der Waals surface area (Å²) in [5, 5.41) is 9.60. The number of aromatic nitrogens is 3. The Kier molecular flexibility index (Phi) is 8.68. The Labute approximate surface area is 161 Å². The number of hydrogen-bond donors (Lipinski definition) is 0. The highest BCUT2D eigenvalue weighted by atomic mass is 32.2. The second kappa shape index (κ2) is 11.0. The van der Waals surface area contributed by atoms with Crippen LogP contribution in [-0.2, 0) is 17.8 Å². The highest BCUT2D eigenvalue weighted by Gasteiger charge is 2.17. The molecule has 1 amide bonds. The van der Waals surface area contributed by atoms with Crippen LogP contribution >= 0.6 is 11.8 Å². The van der Waals surface area contributed by atoms with Gasteiger partial charge in [0.2, 0.25) is 5.91 Å². The van der Waals surface area contributed by atoms with Gasteiger partial charge in [-0.15, -0.1) is 10.2 Å². The zero-order chi connectivity index (χ0) is 18.8. The SMILES string of the molecule is CCCN(CCC)C(=O)CSc1nnc(Cc2ccccc2)n1CCC. The number of nitrogens with zero attached hydrogens (tertiary/aromatic N) is 4. The lowest BCUT2D eigenvalue weighted by Crippen LogP contribution is -2.33. The molecule has 1 aromatic heterocycles. The summed E-state index contributed by atoms with van der Waals surface area (Å²) in [4.78, 5) is 14.5. The van der Waals surface area contributed by atoms with Gasteiger partial charge in [0.05, 0.1) is 5.75 Å². The van der Waals surface area contributed by atoms with E-state index in [1.54, 1.807) is 0 Å². The standard InChI is InChI=1S/C20H30N4OS/c1-4-12-23(13-5-2)19(25)16-26-20-22-21-18(24(20)14-6-3)15-17-10-8-7-9-11-17/h7-11H,4-6,12-16H2,1-3H3. The number of rotatable bonds is 11. The first-order valence-corrected chi connectivity index (χ1v) is 10.5. The Morgan fingerprint density at radius 3 is 2.35 bits per heavy atom. The largest absolute Gasteiger partial charge is 0.342 e. The fraction of sp³-hybridized carbons (Fsp3) is 0.550. The number of hydrogen-bond acceptors (Lipinski definition) is 4. The van der Waals surface area contributed by atoms with Gasteiger partial charge in [0.15, 0.2) is 5.16 Å². The second-order valence-corrected chi connectivity index (χ2v) is 7.32. The Bertz CT molecular complexity index is 666. The molecule has 0 aliphatic rings. The third-order valence-electron chi connectivity index (χ3n) is 4.11. The summed E-state index contributed by atoms with van der Waals surface area (Å²) in [6, 6.07) is 10.3. The first-order chi connectivity index (χ1) is 12.7. The van der Waals surface area contributed by atoms with E-state index in [1.165, 1.54) is 17.3 Å². The fourth-order valence-corrected chi connectivity index (χ4v) is 3.79. The maximum absolute atomic E-state index is 12.5. The van der Waals surface area contributed by atoms with E-state index in [0.29, 0.717) is 5.75 Å². The van der Waals surface area contributed by atoms with Crippen LogP contribution in [0, 0.1) is 0 Å². The van der Waals surface area contributed by atoms with Gasteiger partial charge in [0.25, 0.3) is 0 Å². The van der Waals surface area contributed by atoms with E-state index in [2.05, 4.69) is 47.7 Å². The lowest BCUT2D eigenvalue weighted by Gasteiger charge is -2.21. The molecule has 26 heavy (non-hydrogen) atoms. The highest BCUT2D eigenvalue weighted by molar-refractivity contribution is 7.99. The molecule has 0 saturated heterocycles. The Balaban J connectivity index is 2.05. The Morgan fingerprint density at radius 1 is 1.04 bits per heavy atom. The fourth-order valence-electron chi connectivity index (χ4n) is 2.90. The molecule has 0 bridgehead atoms. The van der Waals surface area contributed by atoms with Crippen molar-refractivity contribution in [3.63, 3.8) is 0 Å². The van der Waals surface area contributed by atoms with E-state index >= 15 is 0 Å². The number of benzene rings is 1. The second-order valence-electron chi connectivity index (χ2n) is 6.38. The third kappa shape index (κ3) is 5.87. The minimum absolute atomic E-state index is 0.189. The number of carbonyl (C=O) groups is 1. The summed E-state index contributed by atoms with van der Waals surface area (Å²) in [6.45, 7) is 8.89. The molecule has 1 aromatic carbocycles. The van der Waals surface area contributed by atoms with Crippen molar-refractivity contribution in [1.29, 1.82) is 0 Å². The van der Waals surface area contributed by atoms with Crippen molar-refractivity contribution in [2.24, 2.45) is 0 Å². The van der Waals surface area contributed by atoms with Gasteiger partial charge >= 0.3 is 0 Å². The predicted octanol–water partition coefficient (Wildman–Crippen LogP) is 4.02. The van der Waals surface area contributed by atoms with Crippen LogP contribution in [0.3, 0.4) is 0 Å². The summed E-state index contributed by atoms with van der Waals surface area (Å²) in [6.07, 6.45) is 3.76.